The van der Waals surface area contributed by atoms with E-state index in [0.29, 0.717) is 12.1 Å². The van der Waals surface area contributed by atoms with Crippen molar-refractivity contribution in [1.29, 1.82) is 0 Å². The monoisotopic (exact) mass is 281 g/mol. The van der Waals surface area contributed by atoms with Gasteiger partial charge in [0.25, 0.3) is 0 Å². The van der Waals surface area contributed by atoms with Crippen LogP contribution in [-0.4, -0.2) is 19.4 Å². The topological polar surface area (TPSA) is 58.9 Å². The van der Waals surface area contributed by atoms with Crippen LogP contribution < -0.4 is 0 Å². The third kappa shape index (κ3) is 3.28. The first-order valence-electron chi connectivity index (χ1n) is 5.87. The summed E-state index contributed by atoms with van der Waals surface area (Å²) in [6.07, 6.45) is 2.83. The summed E-state index contributed by atoms with van der Waals surface area (Å²) >= 11 is 2.96. The summed E-state index contributed by atoms with van der Waals surface area (Å²) in [5.41, 5.74) is 0.716. The van der Waals surface area contributed by atoms with E-state index in [9.17, 15) is 5.11 Å². The molecular weight excluding hydrogens is 266 g/mol. The van der Waals surface area contributed by atoms with Gasteiger partial charge in [-0.05, 0) is 30.1 Å². The summed E-state index contributed by atoms with van der Waals surface area (Å²) in [7, 11) is 0. The number of hydrogen-bond donors (Lipinski definition) is 1. The first-order valence-corrected chi connectivity index (χ1v) is 7.46. The Bertz CT molecular complexity index is 498. The van der Waals surface area contributed by atoms with Crippen molar-refractivity contribution in [2.24, 2.45) is 0 Å². The van der Waals surface area contributed by atoms with Gasteiger partial charge >= 0.3 is 0 Å². The zero-order valence-corrected chi connectivity index (χ0v) is 12.0. The fraction of sp³-hybridized carbons (Fsp3) is 0.417. The molecule has 0 bridgehead atoms. The fourth-order valence-electron chi connectivity index (χ4n) is 1.38. The Morgan fingerprint density at radius 2 is 2.22 bits per heavy atom. The summed E-state index contributed by atoms with van der Waals surface area (Å²) in [6, 6.07) is 3.82. The zero-order chi connectivity index (χ0) is 13.0. The van der Waals surface area contributed by atoms with Crippen LogP contribution in [0.15, 0.2) is 27.6 Å². The molecule has 2 heterocycles. The van der Waals surface area contributed by atoms with Crippen molar-refractivity contribution in [3.8, 4) is 0 Å². The van der Waals surface area contributed by atoms with Crippen molar-refractivity contribution in [2.45, 2.75) is 42.0 Å². The lowest BCUT2D eigenvalue weighted by molar-refractivity contribution is 0.169. The van der Waals surface area contributed by atoms with E-state index >= 15 is 0 Å². The number of aliphatic hydroxyl groups excluding tert-OH is 1. The lowest BCUT2D eigenvalue weighted by Gasteiger charge is -2.06. The quantitative estimate of drug-likeness (QED) is 0.912. The number of aliphatic hydroxyl groups is 1. The van der Waals surface area contributed by atoms with E-state index in [-0.39, 0.29) is 0 Å². The van der Waals surface area contributed by atoms with Gasteiger partial charge in [-0.1, -0.05) is 25.6 Å². The molecule has 0 radical (unpaired) electrons. The predicted molar refractivity (Wildman–Crippen MR) is 72.9 cm³/mol. The average Bonchev–Trinajstić information content (AvgIpc) is 2.86. The van der Waals surface area contributed by atoms with Crippen LogP contribution in [0.3, 0.4) is 0 Å². The Morgan fingerprint density at radius 3 is 2.78 bits per heavy atom. The molecule has 4 nitrogen and oxygen atoms in total. The molecule has 0 saturated heterocycles. The van der Waals surface area contributed by atoms with E-state index in [1.807, 2.05) is 26.0 Å². The fourth-order valence-corrected chi connectivity index (χ4v) is 3.03. The molecule has 2 rings (SSSR count). The maximum absolute atomic E-state index is 9.66. The summed E-state index contributed by atoms with van der Waals surface area (Å²) in [4.78, 5) is 9.66. The van der Waals surface area contributed by atoms with Crippen molar-refractivity contribution >= 4 is 23.3 Å². The third-order valence-electron chi connectivity index (χ3n) is 2.46. The minimum absolute atomic E-state index is 0.475. The molecule has 1 unspecified atom stereocenters. The average molecular weight is 281 g/mol. The van der Waals surface area contributed by atoms with E-state index < -0.39 is 6.10 Å². The standard InChI is InChI=1S/C12H15N3OS2/c1-3-10(16)9-6-5-8(7-13-9)17-12-14-11(4-2)15-18-12/h5-7,10,16H,3-4H2,1-2H3. The smallest absolute Gasteiger partial charge is 0.174 e. The minimum Gasteiger partial charge on any atom is -0.387 e. The largest absolute Gasteiger partial charge is 0.387 e. The lowest BCUT2D eigenvalue weighted by Crippen LogP contribution is -1.97. The van der Waals surface area contributed by atoms with Crippen LogP contribution in [0.25, 0.3) is 0 Å². The van der Waals surface area contributed by atoms with Crippen LogP contribution in [0.1, 0.15) is 37.9 Å². The highest BCUT2D eigenvalue weighted by Gasteiger charge is 2.08. The maximum atomic E-state index is 9.66. The molecule has 0 aromatic carbocycles. The molecule has 0 amide bonds. The van der Waals surface area contributed by atoms with Gasteiger partial charge in [0.2, 0.25) is 0 Å². The molecule has 2 aromatic heterocycles. The van der Waals surface area contributed by atoms with E-state index in [1.54, 1.807) is 18.0 Å². The molecule has 0 fully saturated rings. The SMILES string of the molecule is CCc1nsc(Sc2ccc(C(O)CC)nc2)n1. The lowest BCUT2D eigenvalue weighted by atomic mass is 10.2. The zero-order valence-electron chi connectivity index (χ0n) is 10.3. The molecule has 0 aliphatic heterocycles. The Hall–Kier alpha value is -0.980. The molecule has 2 aromatic rings. The van der Waals surface area contributed by atoms with Gasteiger partial charge in [-0.3, -0.25) is 4.98 Å². The number of aromatic nitrogens is 3. The molecule has 18 heavy (non-hydrogen) atoms. The van der Waals surface area contributed by atoms with Crippen LogP contribution in [-0.2, 0) is 6.42 Å². The predicted octanol–water partition coefficient (Wildman–Crippen LogP) is 3.09. The Kier molecular flexibility index (Phi) is 4.68. The van der Waals surface area contributed by atoms with Crippen LogP contribution in [0, 0.1) is 0 Å². The number of aryl methyl sites for hydroxylation is 1. The van der Waals surface area contributed by atoms with Gasteiger partial charge in [0.1, 0.15) is 5.82 Å². The number of rotatable bonds is 5. The van der Waals surface area contributed by atoms with E-state index in [2.05, 4.69) is 14.3 Å². The van der Waals surface area contributed by atoms with Gasteiger partial charge in [0.05, 0.1) is 11.8 Å². The van der Waals surface area contributed by atoms with Crippen molar-refractivity contribution in [3.05, 3.63) is 29.8 Å². The van der Waals surface area contributed by atoms with Crippen LogP contribution in [0.4, 0.5) is 0 Å². The highest BCUT2D eigenvalue weighted by atomic mass is 32.2. The molecule has 0 saturated carbocycles. The van der Waals surface area contributed by atoms with E-state index in [1.165, 1.54) is 11.5 Å². The van der Waals surface area contributed by atoms with Gasteiger partial charge in [-0.15, -0.1) is 0 Å². The second kappa shape index (κ2) is 6.26. The van der Waals surface area contributed by atoms with Crippen molar-refractivity contribution in [3.63, 3.8) is 0 Å². The van der Waals surface area contributed by atoms with E-state index in [4.69, 9.17) is 0 Å². The van der Waals surface area contributed by atoms with Gasteiger partial charge in [-0.2, -0.15) is 4.37 Å². The van der Waals surface area contributed by atoms with Crippen molar-refractivity contribution in [1.82, 2.24) is 14.3 Å². The van der Waals surface area contributed by atoms with Crippen LogP contribution >= 0.6 is 23.3 Å². The summed E-state index contributed by atoms with van der Waals surface area (Å²) in [6.45, 7) is 3.97. The minimum atomic E-state index is -0.475. The second-order valence-corrected chi connectivity index (χ2v) is 5.85. The Morgan fingerprint density at radius 1 is 1.39 bits per heavy atom. The highest BCUT2D eigenvalue weighted by Crippen LogP contribution is 2.29. The molecule has 0 spiro atoms. The van der Waals surface area contributed by atoms with Crippen molar-refractivity contribution in [2.75, 3.05) is 0 Å². The number of nitrogens with zero attached hydrogens (tertiary/aromatic N) is 3. The summed E-state index contributed by atoms with van der Waals surface area (Å²) < 4.78 is 5.17. The first kappa shape index (κ1) is 13.5. The molecule has 1 atom stereocenters. The molecule has 96 valence electrons. The van der Waals surface area contributed by atoms with Gasteiger partial charge < -0.3 is 5.11 Å². The molecule has 0 aliphatic carbocycles. The van der Waals surface area contributed by atoms with Gasteiger partial charge in [-0.25, -0.2) is 4.98 Å². The molecule has 6 heteroatoms. The molecule has 1 N–H and O–H groups in total. The van der Waals surface area contributed by atoms with Crippen LogP contribution in [0.2, 0.25) is 0 Å². The maximum Gasteiger partial charge on any atom is 0.174 e. The molecular formula is C12H15N3OS2. The van der Waals surface area contributed by atoms with E-state index in [0.717, 1.165) is 21.5 Å². The van der Waals surface area contributed by atoms with Gasteiger partial charge in [0.15, 0.2) is 4.34 Å². The van der Waals surface area contributed by atoms with Crippen molar-refractivity contribution < 1.29 is 5.11 Å². The van der Waals surface area contributed by atoms with Gasteiger partial charge in [0, 0.05) is 17.5 Å². The Balaban J connectivity index is 2.06. The summed E-state index contributed by atoms with van der Waals surface area (Å²) in [5.74, 6) is 0.883. The van der Waals surface area contributed by atoms with Crippen LogP contribution in [0.5, 0.6) is 0 Å². The summed E-state index contributed by atoms with van der Waals surface area (Å²) in [5, 5.41) is 9.66. The first-order chi connectivity index (χ1) is 8.72. The second-order valence-electron chi connectivity index (χ2n) is 3.77. The number of pyridine rings is 1. The normalized spacial score (nSPS) is 12.6. The molecule has 0 aliphatic rings. The third-order valence-corrected chi connectivity index (χ3v) is 4.22. The highest BCUT2D eigenvalue weighted by molar-refractivity contribution is 8.01. The number of hydrogen-bond acceptors (Lipinski definition) is 6. The Labute approximate surface area is 115 Å².